The third-order valence-electron chi connectivity index (χ3n) is 5.25. The molecule has 0 aliphatic carbocycles. The van der Waals surface area contributed by atoms with Crippen LogP contribution in [0.1, 0.15) is 16.1 Å². The van der Waals surface area contributed by atoms with Crippen molar-refractivity contribution in [2.45, 2.75) is 6.92 Å². The molecule has 0 atom stereocenters. The monoisotopic (exact) mass is 456 g/mol. The first-order valence-corrected chi connectivity index (χ1v) is 10.3. The fourth-order valence-electron chi connectivity index (χ4n) is 3.77. The molecule has 1 fully saturated rings. The molecule has 2 aromatic carbocycles. The highest BCUT2D eigenvalue weighted by Crippen LogP contribution is 2.38. The summed E-state index contributed by atoms with van der Waals surface area (Å²) in [4.78, 5) is 30.4. The maximum absolute atomic E-state index is 12.5. The number of methoxy groups -OCH3 is 1. The van der Waals surface area contributed by atoms with Gasteiger partial charge in [-0.1, -0.05) is 23.7 Å². The van der Waals surface area contributed by atoms with Gasteiger partial charge in [0, 0.05) is 35.5 Å². The molecule has 1 aromatic heterocycles. The number of para-hydroxylation sites is 1. The van der Waals surface area contributed by atoms with E-state index in [2.05, 4.69) is 10.3 Å². The lowest BCUT2D eigenvalue weighted by molar-refractivity contribution is -0.384. The Kier molecular flexibility index (Phi) is 6.11. The van der Waals surface area contributed by atoms with E-state index in [1.165, 1.54) is 13.2 Å². The minimum Gasteiger partial charge on any atom is -0.465 e. The molecule has 166 valence electrons. The van der Waals surface area contributed by atoms with E-state index in [0.29, 0.717) is 59.3 Å². The lowest BCUT2D eigenvalue weighted by Crippen LogP contribution is -2.36. The molecular weight excluding hydrogens is 436 g/mol. The number of benzene rings is 2. The lowest BCUT2D eigenvalue weighted by atomic mass is 10.1. The number of nitro benzene ring substituents is 1. The molecule has 0 amide bonds. The molecule has 4 rings (SSSR count). The van der Waals surface area contributed by atoms with Gasteiger partial charge in [0.15, 0.2) is 0 Å². The number of esters is 1. The Morgan fingerprint density at radius 2 is 2.00 bits per heavy atom. The van der Waals surface area contributed by atoms with E-state index in [1.807, 2.05) is 17.9 Å². The fraction of sp³-hybridized carbons (Fsp3) is 0.273. The van der Waals surface area contributed by atoms with Gasteiger partial charge >= 0.3 is 11.7 Å². The zero-order chi connectivity index (χ0) is 22.8. The van der Waals surface area contributed by atoms with E-state index in [0.717, 1.165) is 0 Å². The van der Waals surface area contributed by atoms with Gasteiger partial charge in [-0.15, -0.1) is 0 Å². The van der Waals surface area contributed by atoms with Gasteiger partial charge in [0.1, 0.15) is 11.3 Å². The molecule has 0 radical (unpaired) electrons. The summed E-state index contributed by atoms with van der Waals surface area (Å²) in [5.74, 6) is -0.784. The fourth-order valence-corrected chi connectivity index (χ4v) is 3.99. The number of pyridine rings is 1. The Hall–Kier alpha value is -3.43. The van der Waals surface area contributed by atoms with Gasteiger partial charge in [0.2, 0.25) is 0 Å². The summed E-state index contributed by atoms with van der Waals surface area (Å²) in [5, 5.41) is 16.3. The number of nitrogens with one attached hydrogen (secondary N) is 1. The maximum Gasteiger partial charge on any atom is 0.345 e. The first kappa shape index (κ1) is 21.8. The second kappa shape index (κ2) is 8.97. The van der Waals surface area contributed by atoms with E-state index in [4.69, 9.17) is 21.1 Å². The third-order valence-corrected chi connectivity index (χ3v) is 5.55. The number of nitro groups is 1. The van der Waals surface area contributed by atoms with E-state index in [9.17, 15) is 14.9 Å². The van der Waals surface area contributed by atoms with Gasteiger partial charge in [-0.05, 0) is 31.2 Å². The zero-order valence-corrected chi connectivity index (χ0v) is 18.3. The molecule has 0 spiro atoms. The predicted molar refractivity (Wildman–Crippen MR) is 122 cm³/mol. The van der Waals surface area contributed by atoms with Gasteiger partial charge in [0.25, 0.3) is 0 Å². The van der Waals surface area contributed by atoms with E-state index in [1.54, 1.807) is 24.3 Å². The van der Waals surface area contributed by atoms with Crippen molar-refractivity contribution in [3.63, 3.8) is 0 Å². The van der Waals surface area contributed by atoms with Crippen LogP contribution >= 0.6 is 11.6 Å². The quantitative estimate of drug-likeness (QED) is 0.340. The van der Waals surface area contributed by atoms with E-state index in [-0.39, 0.29) is 16.9 Å². The number of carbonyl (C=O) groups excluding carboxylic acids is 1. The predicted octanol–water partition coefficient (Wildman–Crippen LogP) is 4.47. The van der Waals surface area contributed by atoms with Crippen LogP contribution in [-0.2, 0) is 9.47 Å². The molecule has 0 saturated carbocycles. The van der Waals surface area contributed by atoms with Gasteiger partial charge in [-0.25, -0.2) is 4.79 Å². The zero-order valence-electron chi connectivity index (χ0n) is 17.6. The Labute approximate surface area is 189 Å². The third kappa shape index (κ3) is 4.17. The summed E-state index contributed by atoms with van der Waals surface area (Å²) in [6, 6.07) is 10.3. The summed E-state index contributed by atoms with van der Waals surface area (Å²) < 4.78 is 10.2. The number of morpholine rings is 1. The van der Waals surface area contributed by atoms with Crippen molar-refractivity contribution >= 4 is 51.2 Å². The molecule has 9 nitrogen and oxygen atoms in total. The van der Waals surface area contributed by atoms with Crippen LogP contribution in [0.15, 0.2) is 36.4 Å². The van der Waals surface area contributed by atoms with Crippen LogP contribution in [0.5, 0.6) is 0 Å². The summed E-state index contributed by atoms with van der Waals surface area (Å²) >= 11 is 6.32. The molecule has 3 aromatic rings. The van der Waals surface area contributed by atoms with Crippen molar-refractivity contribution in [1.29, 1.82) is 0 Å². The van der Waals surface area contributed by atoms with Gasteiger partial charge in [0.05, 0.1) is 35.8 Å². The smallest absolute Gasteiger partial charge is 0.345 e. The maximum atomic E-state index is 12.5. The minimum atomic E-state index is -0.784. The number of aryl methyl sites for hydroxylation is 1. The molecule has 10 heteroatoms. The Morgan fingerprint density at radius 3 is 2.69 bits per heavy atom. The SMILES string of the molecule is COC(=O)c1cc(N2CCOCC2)cc(Nc2cc(C)nc3c(Cl)cccc23)c1[N+](=O)[O-]. The summed E-state index contributed by atoms with van der Waals surface area (Å²) in [7, 11) is 1.20. The molecule has 1 aliphatic heterocycles. The van der Waals surface area contributed by atoms with Crippen molar-refractivity contribution in [3.8, 4) is 0 Å². The van der Waals surface area contributed by atoms with Crippen LogP contribution in [0.25, 0.3) is 10.9 Å². The average Bonchev–Trinajstić information content (AvgIpc) is 2.79. The van der Waals surface area contributed by atoms with Crippen LogP contribution in [0.2, 0.25) is 5.02 Å². The van der Waals surface area contributed by atoms with Crippen LogP contribution in [-0.4, -0.2) is 49.3 Å². The van der Waals surface area contributed by atoms with Crippen molar-refractivity contribution in [3.05, 3.63) is 62.8 Å². The molecule has 1 aliphatic rings. The molecule has 32 heavy (non-hydrogen) atoms. The molecule has 1 saturated heterocycles. The minimum absolute atomic E-state index is 0.128. The number of ether oxygens (including phenoxy) is 2. The Balaban J connectivity index is 1.91. The molecule has 2 heterocycles. The Bertz CT molecular complexity index is 1210. The first-order valence-electron chi connectivity index (χ1n) is 9.95. The van der Waals surface area contributed by atoms with Crippen LogP contribution in [0.3, 0.4) is 0 Å². The molecule has 1 N–H and O–H groups in total. The standard InChI is InChI=1S/C22H21ClN4O5/c1-13-10-18(15-4-3-5-17(23)20(15)24-13)25-19-12-14(26-6-8-32-9-7-26)11-16(22(28)31-2)21(19)27(29)30/h3-5,10-12H,6-9H2,1-2H3,(H,24,25). The second-order valence-electron chi connectivity index (χ2n) is 7.31. The molecule has 0 unspecified atom stereocenters. The number of fused-ring (bicyclic) bond motifs is 1. The van der Waals surface area contributed by atoms with Crippen molar-refractivity contribution in [2.24, 2.45) is 0 Å². The number of halogens is 1. The van der Waals surface area contributed by atoms with Crippen LogP contribution in [0.4, 0.5) is 22.7 Å². The molecular formula is C22H21ClN4O5. The van der Waals surface area contributed by atoms with Crippen molar-refractivity contribution in [1.82, 2.24) is 4.98 Å². The summed E-state index contributed by atoms with van der Waals surface area (Å²) in [5.41, 5.74) is 2.20. The number of carbonyl (C=O) groups is 1. The highest BCUT2D eigenvalue weighted by atomic mass is 35.5. The van der Waals surface area contributed by atoms with Gasteiger partial charge in [-0.3, -0.25) is 15.1 Å². The average molecular weight is 457 g/mol. The normalized spacial score (nSPS) is 13.8. The van der Waals surface area contributed by atoms with E-state index < -0.39 is 10.9 Å². The van der Waals surface area contributed by atoms with Gasteiger partial charge < -0.3 is 19.7 Å². The van der Waals surface area contributed by atoms with Crippen LogP contribution in [0, 0.1) is 17.0 Å². The number of hydrogen-bond donors (Lipinski definition) is 1. The summed E-state index contributed by atoms with van der Waals surface area (Å²) in [6.45, 7) is 4.07. The lowest BCUT2D eigenvalue weighted by Gasteiger charge is -2.29. The highest BCUT2D eigenvalue weighted by Gasteiger charge is 2.29. The molecule has 0 bridgehead atoms. The van der Waals surface area contributed by atoms with Crippen LogP contribution < -0.4 is 10.2 Å². The van der Waals surface area contributed by atoms with E-state index >= 15 is 0 Å². The highest BCUT2D eigenvalue weighted by molar-refractivity contribution is 6.35. The van der Waals surface area contributed by atoms with Gasteiger partial charge in [-0.2, -0.15) is 0 Å². The topological polar surface area (TPSA) is 107 Å². The number of hydrogen-bond acceptors (Lipinski definition) is 8. The number of rotatable bonds is 5. The van der Waals surface area contributed by atoms with Crippen molar-refractivity contribution in [2.75, 3.05) is 43.6 Å². The first-order chi connectivity index (χ1) is 15.4. The number of anilines is 3. The Morgan fingerprint density at radius 1 is 1.25 bits per heavy atom. The second-order valence-corrected chi connectivity index (χ2v) is 7.72. The van der Waals surface area contributed by atoms with Crippen molar-refractivity contribution < 1.29 is 19.2 Å². The number of nitrogens with zero attached hydrogens (tertiary/aromatic N) is 3. The number of aromatic nitrogens is 1. The summed E-state index contributed by atoms with van der Waals surface area (Å²) in [6.07, 6.45) is 0. The largest absolute Gasteiger partial charge is 0.465 e.